The van der Waals surface area contributed by atoms with Gasteiger partial charge in [-0.05, 0) is 59.8 Å². The fourth-order valence-corrected chi connectivity index (χ4v) is 3.33. The van der Waals surface area contributed by atoms with Gasteiger partial charge in [-0.2, -0.15) is 0 Å². The minimum absolute atomic E-state index is 0.505. The van der Waals surface area contributed by atoms with Crippen molar-refractivity contribution in [1.29, 1.82) is 0 Å². The highest BCUT2D eigenvalue weighted by molar-refractivity contribution is 6.17. The highest BCUT2D eigenvalue weighted by Gasteiger charge is 2.14. The molecule has 1 radical (unpaired) electrons. The molecule has 1 heteroatoms. The first kappa shape index (κ1) is 18.1. The maximum absolute atomic E-state index is 6.00. The third-order valence-corrected chi connectivity index (χ3v) is 4.63. The van der Waals surface area contributed by atoms with Gasteiger partial charge in [-0.1, -0.05) is 69.3 Å². The molecule has 0 amide bonds. The second-order valence-electron chi connectivity index (χ2n) is 6.71. The van der Waals surface area contributed by atoms with Crippen molar-refractivity contribution in [2.24, 2.45) is 5.92 Å². The van der Waals surface area contributed by atoms with Crippen molar-refractivity contribution in [2.75, 3.05) is 5.88 Å². The monoisotopic (exact) mass is 327 g/mol. The van der Waals surface area contributed by atoms with Gasteiger partial charge in [0.2, 0.25) is 0 Å². The molecule has 123 valence electrons. The van der Waals surface area contributed by atoms with E-state index < -0.39 is 0 Å². The maximum atomic E-state index is 6.00. The minimum Gasteiger partial charge on any atom is -0.127 e. The first-order chi connectivity index (χ1) is 11.1. The van der Waals surface area contributed by atoms with Crippen molar-refractivity contribution in [2.45, 2.75) is 46.0 Å². The van der Waals surface area contributed by atoms with Crippen LogP contribution < -0.4 is 0 Å². The molecule has 0 aliphatic heterocycles. The molecule has 0 aromatic heterocycles. The standard InChI is InChI=1S/C22H28Cl/c1-17(2)12-13-20-10-7-11-21(18(3)14-15-23)22(20)16-19-8-5-4-6-9-19/h4-12,17-18H,13-16H2,1-3H3. The quantitative estimate of drug-likeness (QED) is 0.491. The molecule has 2 aromatic carbocycles. The Morgan fingerprint density at radius 1 is 0.957 bits per heavy atom. The minimum atomic E-state index is 0.505. The van der Waals surface area contributed by atoms with Gasteiger partial charge in [0.25, 0.3) is 0 Å². The van der Waals surface area contributed by atoms with Crippen LogP contribution in [0.4, 0.5) is 0 Å². The number of rotatable bonds is 8. The van der Waals surface area contributed by atoms with E-state index in [1.165, 1.54) is 22.3 Å². The molecule has 0 saturated heterocycles. The van der Waals surface area contributed by atoms with Crippen LogP contribution >= 0.6 is 11.6 Å². The van der Waals surface area contributed by atoms with Crippen molar-refractivity contribution in [3.8, 4) is 0 Å². The molecule has 1 atom stereocenters. The van der Waals surface area contributed by atoms with Gasteiger partial charge < -0.3 is 0 Å². The van der Waals surface area contributed by atoms with Crippen molar-refractivity contribution in [3.63, 3.8) is 0 Å². The van der Waals surface area contributed by atoms with Crippen LogP contribution in [0.1, 0.15) is 55.4 Å². The molecule has 23 heavy (non-hydrogen) atoms. The van der Waals surface area contributed by atoms with Crippen LogP contribution in [0.15, 0.2) is 48.5 Å². The largest absolute Gasteiger partial charge is 0.127 e. The van der Waals surface area contributed by atoms with Crippen LogP contribution in [-0.4, -0.2) is 5.88 Å². The molecule has 0 nitrogen and oxygen atoms in total. The van der Waals surface area contributed by atoms with Crippen molar-refractivity contribution < 1.29 is 0 Å². The summed E-state index contributed by atoms with van der Waals surface area (Å²) in [6.45, 7) is 6.79. The lowest BCUT2D eigenvalue weighted by molar-refractivity contribution is 0.714. The van der Waals surface area contributed by atoms with E-state index in [2.05, 4.69) is 75.7 Å². The molecule has 2 rings (SSSR count). The first-order valence-corrected chi connectivity index (χ1v) is 9.19. The maximum Gasteiger partial charge on any atom is 0.0229 e. The summed E-state index contributed by atoms with van der Waals surface area (Å²) in [5, 5.41) is 0. The van der Waals surface area contributed by atoms with Crippen LogP contribution in [0.25, 0.3) is 0 Å². The van der Waals surface area contributed by atoms with E-state index in [-0.39, 0.29) is 0 Å². The number of hydrogen-bond donors (Lipinski definition) is 0. The number of benzene rings is 2. The smallest absolute Gasteiger partial charge is 0.0229 e. The van der Waals surface area contributed by atoms with Crippen LogP contribution in [0.3, 0.4) is 0 Å². The molecule has 0 N–H and O–H groups in total. The van der Waals surface area contributed by atoms with Gasteiger partial charge >= 0.3 is 0 Å². The molecule has 0 bridgehead atoms. The summed E-state index contributed by atoms with van der Waals surface area (Å²) >= 11 is 6.00. The second-order valence-corrected chi connectivity index (χ2v) is 7.09. The fourth-order valence-electron chi connectivity index (χ4n) is 3.00. The lowest BCUT2D eigenvalue weighted by atomic mass is 9.85. The van der Waals surface area contributed by atoms with Crippen LogP contribution in [0.5, 0.6) is 0 Å². The summed E-state index contributed by atoms with van der Waals surface area (Å²) in [5.74, 6) is 1.84. The summed E-state index contributed by atoms with van der Waals surface area (Å²) in [6, 6.07) is 17.6. The van der Waals surface area contributed by atoms with E-state index in [9.17, 15) is 0 Å². The van der Waals surface area contributed by atoms with E-state index in [0.717, 1.165) is 19.3 Å². The summed E-state index contributed by atoms with van der Waals surface area (Å²) in [7, 11) is 0. The zero-order valence-corrected chi connectivity index (χ0v) is 15.3. The molecular weight excluding hydrogens is 300 g/mol. The molecule has 0 saturated carbocycles. The zero-order valence-electron chi connectivity index (χ0n) is 14.6. The van der Waals surface area contributed by atoms with Gasteiger partial charge in [-0.15, -0.1) is 11.6 Å². The average molecular weight is 328 g/mol. The number of alkyl halides is 1. The predicted octanol–water partition coefficient (Wildman–Crippen LogP) is 6.41. The average Bonchev–Trinajstić information content (AvgIpc) is 2.55. The van der Waals surface area contributed by atoms with Gasteiger partial charge in [0.15, 0.2) is 0 Å². The van der Waals surface area contributed by atoms with Gasteiger partial charge in [0.05, 0.1) is 0 Å². The Morgan fingerprint density at radius 2 is 1.70 bits per heavy atom. The van der Waals surface area contributed by atoms with Crippen molar-refractivity contribution >= 4 is 11.6 Å². The highest BCUT2D eigenvalue weighted by Crippen LogP contribution is 2.29. The van der Waals surface area contributed by atoms with Crippen LogP contribution in [-0.2, 0) is 12.8 Å². The van der Waals surface area contributed by atoms with E-state index in [4.69, 9.17) is 11.6 Å². The van der Waals surface area contributed by atoms with Crippen LogP contribution in [0.2, 0.25) is 0 Å². The highest BCUT2D eigenvalue weighted by atomic mass is 35.5. The molecule has 0 heterocycles. The number of hydrogen-bond acceptors (Lipinski definition) is 0. The second kappa shape index (κ2) is 9.13. The Bertz CT molecular complexity index is 586. The Hall–Kier alpha value is -1.27. The third-order valence-electron chi connectivity index (χ3n) is 4.42. The summed E-state index contributed by atoms with van der Waals surface area (Å²) in [5.41, 5.74) is 5.79. The predicted molar refractivity (Wildman–Crippen MR) is 102 cm³/mol. The number of halogens is 1. The van der Waals surface area contributed by atoms with Gasteiger partial charge in [-0.3, -0.25) is 0 Å². The Kier molecular flexibility index (Phi) is 7.17. The molecule has 2 aromatic rings. The summed E-state index contributed by atoms with van der Waals surface area (Å²) < 4.78 is 0. The molecule has 0 aliphatic carbocycles. The topological polar surface area (TPSA) is 0 Å². The van der Waals surface area contributed by atoms with E-state index >= 15 is 0 Å². The normalized spacial score (nSPS) is 12.6. The Balaban J connectivity index is 2.35. The SMILES string of the molecule is CC(C)[CH]Cc1cccc(C(C)CCCl)c1Cc1ccccc1. The molecule has 0 fully saturated rings. The lowest BCUT2D eigenvalue weighted by Crippen LogP contribution is -2.06. The van der Waals surface area contributed by atoms with E-state index in [1.54, 1.807) is 0 Å². The van der Waals surface area contributed by atoms with E-state index in [0.29, 0.717) is 17.7 Å². The van der Waals surface area contributed by atoms with Gasteiger partial charge in [0.1, 0.15) is 0 Å². The van der Waals surface area contributed by atoms with Gasteiger partial charge in [-0.25, -0.2) is 0 Å². The lowest BCUT2D eigenvalue weighted by Gasteiger charge is -2.20. The molecule has 1 unspecified atom stereocenters. The summed E-state index contributed by atoms with van der Waals surface area (Å²) in [6.07, 6.45) is 5.48. The fraction of sp³-hybridized carbons (Fsp3) is 0.409. The molecule has 0 spiro atoms. The molecular formula is C22H28Cl. The van der Waals surface area contributed by atoms with Gasteiger partial charge in [0, 0.05) is 5.88 Å². The molecule has 0 aliphatic rings. The summed E-state index contributed by atoms with van der Waals surface area (Å²) in [4.78, 5) is 0. The Labute approximate surface area is 146 Å². The van der Waals surface area contributed by atoms with E-state index in [1.807, 2.05) is 0 Å². The van der Waals surface area contributed by atoms with Crippen LogP contribution in [0, 0.1) is 12.3 Å². The first-order valence-electron chi connectivity index (χ1n) is 8.65. The Morgan fingerprint density at radius 3 is 2.35 bits per heavy atom. The zero-order chi connectivity index (χ0) is 16.7. The third kappa shape index (κ3) is 5.39. The van der Waals surface area contributed by atoms with Crippen molar-refractivity contribution in [3.05, 3.63) is 77.2 Å². The van der Waals surface area contributed by atoms with Crippen molar-refractivity contribution in [1.82, 2.24) is 0 Å².